The maximum Gasteiger partial charge on any atom is 0.433 e. The molecule has 180 valence electrons. The van der Waals surface area contributed by atoms with Crippen LogP contribution in [0.1, 0.15) is 25.1 Å². The maximum absolute atomic E-state index is 13.0. The Kier molecular flexibility index (Phi) is 4.67. The summed E-state index contributed by atoms with van der Waals surface area (Å²) in [7, 11) is 0. The molecule has 0 radical (unpaired) electrons. The van der Waals surface area contributed by atoms with Crippen molar-refractivity contribution < 1.29 is 17.9 Å². The van der Waals surface area contributed by atoms with Crippen LogP contribution >= 0.6 is 0 Å². The molecule has 0 unspecified atom stereocenters. The highest BCUT2D eigenvalue weighted by Crippen LogP contribution is 2.43. The van der Waals surface area contributed by atoms with Gasteiger partial charge in [-0.25, -0.2) is 14.8 Å². The Hall–Kier alpha value is -3.15. The molecule has 6 heterocycles. The molecule has 34 heavy (non-hydrogen) atoms. The number of halogens is 3. The number of aryl methyl sites for hydroxylation is 1. The predicted octanol–water partition coefficient (Wildman–Crippen LogP) is 2.31. The molecule has 12 heteroatoms. The summed E-state index contributed by atoms with van der Waals surface area (Å²) in [4.78, 5) is 29.9. The van der Waals surface area contributed by atoms with Gasteiger partial charge in [-0.1, -0.05) is 0 Å². The van der Waals surface area contributed by atoms with Gasteiger partial charge in [0.05, 0.1) is 25.5 Å². The van der Waals surface area contributed by atoms with Crippen molar-refractivity contribution >= 4 is 22.8 Å². The number of hydrogen-bond acceptors (Lipinski definition) is 7. The lowest BCUT2D eigenvalue weighted by atomic mass is 9.79. The summed E-state index contributed by atoms with van der Waals surface area (Å²) < 4.78 is 47.6. The normalized spacial score (nSPS) is 20.2. The second-order valence-corrected chi connectivity index (χ2v) is 9.39. The Morgan fingerprint density at radius 1 is 1.15 bits per heavy atom. The van der Waals surface area contributed by atoms with Gasteiger partial charge in [0.15, 0.2) is 11.3 Å². The van der Waals surface area contributed by atoms with Gasteiger partial charge in [0.25, 0.3) is 0 Å². The van der Waals surface area contributed by atoms with Crippen LogP contribution in [0.15, 0.2) is 29.3 Å². The van der Waals surface area contributed by atoms with Gasteiger partial charge in [0.2, 0.25) is 0 Å². The number of fused-ring (bicyclic) bond motifs is 1. The van der Waals surface area contributed by atoms with Crippen molar-refractivity contribution in [2.24, 2.45) is 5.41 Å². The van der Waals surface area contributed by atoms with E-state index in [1.165, 1.54) is 6.20 Å². The third-order valence-electron chi connectivity index (χ3n) is 7.16. The lowest BCUT2D eigenvalue weighted by molar-refractivity contribution is -0.141. The molecule has 6 rings (SSSR count). The van der Waals surface area contributed by atoms with Crippen LogP contribution < -0.4 is 15.5 Å². The zero-order chi connectivity index (χ0) is 23.7. The second-order valence-electron chi connectivity index (χ2n) is 9.39. The Balaban J connectivity index is 1.21. The van der Waals surface area contributed by atoms with E-state index in [0.29, 0.717) is 49.8 Å². The predicted molar refractivity (Wildman–Crippen MR) is 118 cm³/mol. The van der Waals surface area contributed by atoms with Gasteiger partial charge in [-0.15, -0.1) is 0 Å². The van der Waals surface area contributed by atoms with E-state index in [2.05, 4.69) is 14.9 Å². The van der Waals surface area contributed by atoms with E-state index in [0.717, 1.165) is 31.4 Å². The smallest absolute Gasteiger partial charge is 0.377 e. The number of anilines is 2. The zero-order valence-electron chi connectivity index (χ0n) is 18.6. The Morgan fingerprint density at radius 3 is 2.59 bits per heavy atom. The number of rotatable bonds is 4. The Morgan fingerprint density at radius 2 is 1.91 bits per heavy atom. The monoisotopic (exact) mass is 475 g/mol. The minimum absolute atomic E-state index is 0.00206. The molecule has 3 aliphatic rings. The van der Waals surface area contributed by atoms with E-state index in [4.69, 9.17) is 9.72 Å². The van der Waals surface area contributed by atoms with Gasteiger partial charge in [-0.3, -0.25) is 14.1 Å². The molecule has 3 aromatic rings. The summed E-state index contributed by atoms with van der Waals surface area (Å²) in [6, 6.07) is 2.72. The zero-order valence-corrected chi connectivity index (χ0v) is 18.6. The van der Waals surface area contributed by atoms with E-state index < -0.39 is 11.9 Å². The minimum atomic E-state index is -4.45. The first kappa shape index (κ1) is 21.4. The van der Waals surface area contributed by atoms with Crippen LogP contribution in [-0.4, -0.2) is 63.5 Å². The molecule has 0 atom stereocenters. The Bertz CT molecular complexity index is 1310. The van der Waals surface area contributed by atoms with Crippen molar-refractivity contribution in [1.29, 1.82) is 0 Å². The van der Waals surface area contributed by atoms with Crippen molar-refractivity contribution in [2.45, 2.75) is 32.1 Å². The third kappa shape index (κ3) is 3.26. The molecule has 0 aromatic carbocycles. The quantitative estimate of drug-likeness (QED) is 0.573. The molecule has 3 aliphatic heterocycles. The molecule has 0 N–H and O–H groups in total. The third-order valence-corrected chi connectivity index (χ3v) is 7.16. The fourth-order valence-electron chi connectivity index (χ4n) is 5.27. The highest BCUT2D eigenvalue weighted by atomic mass is 19.4. The van der Waals surface area contributed by atoms with Crippen LogP contribution in [0.2, 0.25) is 0 Å². The van der Waals surface area contributed by atoms with E-state index >= 15 is 0 Å². The standard InChI is InChI=1S/C22H24F3N7O2/c1-2-31-19-18(32(20(31)33)15-9-34-10-15)27-8-17(28-19)29-6-4-21(11-29)12-30(13-21)14-3-5-26-16(7-14)22(23,24)25/h3,5,7-8,15H,2,4,6,9-13H2,1H3. The first-order chi connectivity index (χ1) is 16.3. The molecule has 0 bridgehead atoms. The second kappa shape index (κ2) is 7.42. The van der Waals surface area contributed by atoms with Gasteiger partial charge in [-0.2, -0.15) is 13.2 Å². The fourth-order valence-corrected chi connectivity index (χ4v) is 5.27. The van der Waals surface area contributed by atoms with Gasteiger partial charge < -0.3 is 14.5 Å². The molecule has 0 amide bonds. The number of ether oxygens (including phenoxy) is 1. The molecular formula is C22H24F3N7O2. The molecule has 0 aliphatic carbocycles. The highest BCUT2D eigenvalue weighted by molar-refractivity contribution is 5.69. The molecule has 1 spiro atoms. The molecule has 3 fully saturated rings. The summed E-state index contributed by atoms with van der Waals surface area (Å²) in [5, 5.41) is 0. The number of aromatic nitrogens is 5. The van der Waals surface area contributed by atoms with Crippen LogP contribution in [-0.2, 0) is 17.5 Å². The van der Waals surface area contributed by atoms with Gasteiger partial charge in [0.1, 0.15) is 11.5 Å². The summed E-state index contributed by atoms with van der Waals surface area (Å²) in [5.74, 6) is 0.718. The SMILES string of the molecule is CCn1c(=O)n(C2COC2)c2ncc(N3CCC4(CN(c5ccnc(C(F)(F)F)c5)C4)C3)nc21. The lowest BCUT2D eigenvalue weighted by Gasteiger charge is -2.49. The van der Waals surface area contributed by atoms with E-state index in [9.17, 15) is 18.0 Å². The Labute approximate surface area is 192 Å². The van der Waals surface area contributed by atoms with Crippen molar-refractivity contribution in [2.75, 3.05) is 49.2 Å². The van der Waals surface area contributed by atoms with Gasteiger partial charge in [0, 0.05) is 50.0 Å². The largest absolute Gasteiger partial charge is 0.433 e. The van der Waals surface area contributed by atoms with E-state index in [1.54, 1.807) is 21.4 Å². The van der Waals surface area contributed by atoms with Gasteiger partial charge >= 0.3 is 11.9 Å². The number of hydrogen-bond donors (Lipinski definition) is 0. The summed E-state index contributed by atoms with van der Waals surface area (Å²) in [6.07, 6.45) is -0.610. The average molecular weight is 475 g/mol. The topological polar surface area (TPSA) is 81.3 Å². The molecule has 3 saturated heterocycles. The van der Waals surface area contributed by atoms with Crippen molar-refractivity contribution in [3.8, 4) is 0 Å². The van der Waals surface area contributed by atoms with Crippen LogP contribution in [0.5, 0.6) is 0 Å². The van der Waals surface area contributed by atoms with Crippen LogP contribution in [0.3, 0.4) is 0 Å². The van der Waals surface area contributed by atoms with Crippen LogP contribution in [0.25, 0.3) is 11.3 Å². The highest BCUT2D eigenvalue weighted by Gasteiger charge is 2.48. The minimum Gasteiger partial charge on any atom is -0.377 e. The number of nitrogens with zero attached hydrogens (tertiary/aromatic N) is 7. The fraction of sp³-hybridized carbons (Fsp3) is 0.545. The van der Waals surface area contributed by atoms with E-state index in [-0.39, 0.29) is 17.1 Å². The van der Waals surface area contributed by atoms with Crippen molar-refractivity contribution in [1.82, 2.24) is 24.1 Å². The summed E-state index contributed by atoms with van der Waals surface area (Å²) in [6.45, 7) is 6.29. The lowest BCUT2D eigenvalue weighted by Crippen LogP contribution is -2.57. The van der Waals surface area contributed by atoms with Crippen molar-refractivity contribution in [3.05, 3.63) is 40.7 Å². The van der Waals surface area contributed by atoms with Crippen molar-refractivity contribution in [3.63, 3.8) is 0 Å². The molecule has 9 nitrogen and oxygen atoms in total. The molecule has 3 aromatic heterocycles. The first-order valence-corrected chi connectivity index (χ1v) is 11.4. The maximum atomic E-state index is 13.0. The van der Waals surface area contributed by atoms with Crippen LogP contribution in [0.4, 0.5) is 24.7 Å². The summed E-state index contributed by atoms with van der Waals surface area (Å²) >= 11 is 0. The molecule has 0 saturated carbocycles. The number of pyridine rings is 1. The number of alkyl halides is 3. The molecular weight excluding hydrogens is 451 g/mol. The number of imidazole rings is 1. The van der Waals surface area contributed by atoms with Crippen LogP contribution in [0, 0.1) is 5.41 Å². The average Bonchev–Trinajstić information content (AvgIpc) is 3.31. The van der Waals surface area contributed by atoms with E-state index in [1.807, 2.05) is 11.8 Å². The summed E-state index contributed by atoms with van der Waals surface area (Å²) in [5.41, 5.74) is 0.699. The van der Waals surface area contributed by atoms with Gasteiger partial charge in [-0.05, 0) is 25.5 Å². The first-order valence-electron chi connectivity index (χ1n) is 11.4.